The maximum absolute atomic E-state index is 13.1. The van der Waals surface area contributed by atoms with Gasteiger partial charge in [-0.25, -0.2) is 8.42 Å². The van der Waals surface area contributed by atoms with Crippen molar-refractivity contribution in [2.24, 2.45) is 0 Å². The van der Waals surface area contributed by atoms with Gasteiger partial charge in [-0.05, 0) is 62.9 Å². The molecule has 6 nitrogen and oxygen atoms in total. The molecule has 33 heavy (non-hydrogen) atoms. The van der Waals surface area contributed by atoms with E-state index in [1.807, 2.05) is 19.1 Å². The van der Waals surface area contributed by atoms with E-state index in [4.69, 9.17) is 0 Å². The average Bonchev–Trinajstić information content (AvgIpc) is 3.30. The molecule has 4 rings (SSSR count). The number of carbonyl (C=O) groups is 1. The Hall–Kier alpha value is -2.54. The lowest BCUT2D eigenvalue weighted by atomic mass is 9.96. The standard InChI is InChI=1S/C26H35N3O3S/c1-20-11-14-23(15-12-20)33(31,32)28-24-19-21(13-16-25(24)29-17-7-8-18-29)26(30)27-22-9-5-3-2-4-6-10-22/h11-16,19,22,28H,2-10,17-18H2,1H3,(H,27,30). The van der Waals surface area contributed by atoms with Crippen molar-refractivity contribution in [3.8, 4) is 0 Å². The number of rotatable bonds is 6. The van der Waals surface area contributed by atoms with Crippen molar-refractivity contribution in [1.82, 2.24) is 5.32 Å². The zero-order chi connectivity index (χ0) is 23.3. The molecule has 2 N–H and O–H groups in total. The number of hydrogen-bond donors (Lipinski definition) is 2. The van der Waals surface area contributed by atoms with Gasteiger partial charge < -0.3 is 10.2 Å². The van der Waals surface area contributed by atoms with Crippen LogP contribution in [0.5, 0.6) is 0 Å². The summed E-state index contributed by atoms with van der Waals surface area (Å²) >= 11 is 0. The quantitative estimate of drug-likeness (QED) is 0.607. The lowest BCUT2D eigenvalue weighted by Gasteiger charge is -2.24. The largest absolute Gasteiger partial charge is 0.370 e. The minimum atomic E-state index is -3.77. The van der Waals surface area contributed by atoms with Crippen LogP contribution in [-0.4, -0.2) is 33.5 Å². The normalized spacial score (nSPS) is 17.9. The van der Waals surface area contributed by atoms with Gasteiger partial charge in [-0.2, -0.15) is 0 Å². The second-order valence-corrected chi connectivity index (χ2v) is 11.0. The fourth-order valence-corrected chi connectivity index (χ4v) is 5.85. The molecule has 1 amide bonds. The van der Waals surface area contributed by atoms with Crippen LogP contribution >= 0.6 is 0 Å². The molecule has 1 saturated heterocycles. The highest BCUT2D eigenvalue weighted by Crippen LogP contribution is 2.32. The van der Waals surface area contributed by atoms with Gasteiger partial charge in [0.2, 0.25) is 0 Å². The molecule has 0 bridgehead atoms. The van der Waals surface area contributed by atoms with E-state index in [9.17, 15) is 13.2 Å². The van der Waals surface area contributed by atoms with Gasteiger partial charge >= 0.3 is 0 Å². The van der Waals surface area contributed by atoms with Gasteiger partial charge in [0.05, 0.1) is 16.3 Å². The molecule has 0 spiro atoms. The molecule has 0 aromatic heterocycles. The van der Waals surface area contributed by atoms with E-state index in [2.05, 4.69) is 14.9 Å². The number of nitrogens with zero attached hydrogens (tertiary/aromatic N) is 1. The Labute approximate surface area is 197 Å². The van der Waals surface area contributed by atoms with Gasteiger partial charge in [0, 0.05) is 24.7 Å². The third-order valence-electron chi connectivity index (χ3n) is 6.72. The van der Waals surface area contributed by atoms with Crippen molar-refractivity contribution in [3.05, 3.63) is 53.6 Å². The van der Waals surface area contributed by atoms with Crippen molar-refractivity contribution in [2.45, 2.75) is 75.6 Å². The van der Waals surface area contributed by atoms with Crippen molar-refractivity contribution >= 4 is 27.3 Å². The van der Waals surface area contributed by atoms with Crippen LogP contribution in [0.1, 0.15) is 73.7 Å². The fraction of sp³-hybridized carbons (Fsp3) is 0.500. The summed E-state index contributed by atoms with van der Waals surface area (Å²) in [5.41, 5.74) is 2.77. The first kappa shape index (κ1) is 23.6. The van der Waals surface area contributed by atoms with Crippen LogP contribution < -0.4 is 14.9 Å². The number of amides is 1. The number of nitrogens with one attached hydrogen (secondary N) is 2. The molecule has 2 aromatic rings. The zero-order valence-electron chi connectivity index (χ0n) is 19.5. The summed E-state index contributed by atoms with van der Waals surface area (Å²) < 4.78 is 29.0. The number of hydrogen-bond acceptors (Lipinski definition) is 4. The monoisotopic (exact) mass is 469 g/mol. The van der Waals surface area contributed by atoms with E-state index in [-0.39, 0.29) is 16.8 Å². The van der Waals surface area contributed by atoms with Gasteiger partial charge in [0.25, 0.3) is 15.9 Å². The third-order valence-corrected chi connectivity index (χ3v) is 8.10. The minimum Gasteiger partial charge on any atom is -0.370 e. The lowest BCUT2D eigenvalue weighted by Crippen LogP contribution is -2.35. The lowest BCUT2D eigenvalue weighted by molar-refractivity contribution is 0.0930. The van der Waals surface area contributed by atoms with Gasteiger partial charge in [0.15, 0.2) is 0 Å². The molecule has 2 fully saturated rings. The first-order chi connectivity index (χ1) is 15.9. The minimum absolute atomic E-state index is 0.135. The molecule has 7 heteroatoms. The summed E-state index contributed by atoms with van der Waals surface area (Å²) in [6.45, 7) is 3.69. The Balaban J connectivity index is 1.58. The molecule has 178 valence electrons. The Morgan fingerprint density at radius 1 is 0.879 bits per heavy atom. The van der Waals surface area contributed by atoms with Crippen LogP contribution in [0.3, 0.4) is 0 Å². The van der Waals surface area contributed by atoms with Crippen LogP contribution in [0, 0.1) is 6.92 Å². The van der Waals surface area contributed by atoms with E-state index >= 15 is 0 Å². The van der Waals surface area contributed by atoms with E-state index in [1.165, 1.54) is 19.3 Å². The molecular formula is C26H35N3O3S. The summed E-state index contributed by atoms with van der Waals surface area (Å²) in [5, 5.41) is 3.19. The van der Waals surface area contributed by atoms with Crippen LogP contribution in [-0.2, 0) is 10.0 Å². The SMILES string of the molecule is Cc1ccc(S(=O)(=O)Nc2cc(C(=O)NC3CCCCCCC3)ccc2N2CCCC2)cc1. The molecule has 2 aliphatic rings. The predicted molar refractivity (Wildman–Crippen MR) is 133 cm³/mol. The van der Waals surface area contributed by atoms with Crippen LogP contribution in [0.25, 0.3) is 0 Å². The van der Waals surface area contributed by atoms with E-state index < -0.39 is 10.0 Å². The number of anilines is 2. The molecule has 0 atom stereocenters. The van der Waals surface area contributed by atoms with Crippen molar-refractivity contribution in [1.29, 1.82) is 0 Å². The second kappa shape index (κ2) is 10.6. The zero-order valence-corrected chi connectivity index (χ0v) is 20.3. The molecule has 0 unspecified atom stereocenters. The Bertz CT molecular complexity index is 1050. The molecule has 1 saturated carbocycles. The van der Waals surface area contributed by atoms with Crippen LogP contribution in [0.2, 0.25) is 0 Å². The van der Waals surface area contributed by atoms with Crippen molar-refractivity contribution in [2.75, 3.05) is 22.7 Å². The first-order valence-corrected chi connectivity index (χ1v) is 13.7. The Kier molecular flexibility index (Phi) is 7.58. The van der Waals surface area contributed by atoms with Gasteiger partial charge in [-0.3, -0.25) is 9.52 Å². The summed E-state index contributed by atoms with van der Waals surface area (Å²) in [6.07, 6.45) is 10.2. The van der Waals surface area contributed by atoms with Crippen molar-refractivity contribution < 1.29 is 13.2 Å². The summed E-state index contributed by atoms with van der Waals surface area (Å²) in [4.78, 5) is 15.5. The Morgan fingerprint density at radius 3 is 2.18 bits per heavy atom. The van der Waals surface area contributed by atoms with Gasteiger partial charge in [-0.1, -0.05) is 49.8 Å². The topological polar surface area (TPSA) is 78.5 Å². The maximum Gasteiger partial charge on any atom is 0.261 e. The van der Waals surface area contributed by atoms with E-state index in [0.717, 1.165) is 62.9 Å². The highest BCUT2D eigenvalue weighted by Gasteiger charge is 2.23. The third kappa shape index (κ3) is 6.08. The van der Waals surface area contributed by atoms with Gasteiger partial charge in [0.1, 0.15) is 0 Å². The maximum atomic E-state index is 13.1. The smallest absolute Gasteiger partial charge is 0.261 e. The van der Waals surface area contributed by atoms with Crippen molar-refractivity contribution in [3.63, 3.8) is 0 Å². The molecule has 2 aromatic carbocycles. The number of sulfonamides is 1. The fourth-order valence-electron chi connectivity index (χ4n) is 4.78. The highest BCUT2D eigenvalue weighted by molar-refractivity contribution is 7.92. The van der Waals surface area contributed by atoms with E-state index in [0.29, 0.717) is 11.3 Å². The van der Waals surface area contributed by atoms with Crippen LogP contribution in [0.15, 0.2) is 47.4 Å². The Morgan fingerprint density at radius 2 is 1.52 bits per heavy atom. The first-order valence-electron chi connectivity index (χ1n) is 12.2. The van der Waals surface area contributed by atoms with Crippen LogP contribution in [0.4, 0.5) is 11.4 Å². The summed E-state index contributed by atoms with van der Waals surface area (Å²) in [7, 11) is -3.77. The summed E-state index contributed by atoms with van der Waals surface area (Å²) in [6, 6.07) is 12.4. The predicted octanol–water partition coefficient (Wildman–Crippen LogP) is 5.24. The molecule has 1 aliphatic heterocycles. The molecule has 1 heterocycles. The number of carbonyl (C=O) groups excluding carboxylic acids is 1. The molecular weight excluding hydrogens is 434 g/mol. The second-order valence-electron chi connectivity index (χ2n) is 9.36. The summed E-state index contributed by atoms with van der Waals surface area (Å²) in [5.74, 6) is -0.135. The average molecular weight is 470 g/mol. The number of aryl methyl sites for hydroxylation is 1. The molecule has 0 radical (unpaired) electrons. The molecule has 1 aliphatic carbocycles. The van der Waals surface area contributed by atoms with Gasteiger partial charge in [-0.15, -0.1) is 0 Å². The number of benzene rings is 2. The highest BCUT2D eigenvalue weighted by atomic mass is 32.2. The van der Waals surface area contributed by atoms with E-state index in [1.54, 1.807) is 30.3 Å².